The smallest absolute Gasteiger partial charge is 0.370 e. The van der Waals surface area contributed by atoms with E-state index >= 15 is 0 Å². The van der Waals surface area contributed by atoms with Crippen molar-refractivity contribution in [3.8, 4) is 0 Å². The van der Waals surface area contributed by atoms with Crippen molar-refractivity contribution in [2.75, 3.05) is 14.2 Å². The second-order valence-corrected chi connectivity index (χ2v) is 4.50. The number of ether oxygens (including phenoxy) is 3. The van der Waals surface area contributed by atoms with Gasteiger partial charge in [-0.05, 0) is 19.1 Å². The van der Waals surface area contributed by atoms with Crippen molar-refractivity contribution in [3.05, 3.63) is 73.0 Å². The lowest BCUT2D eigenvalue weighted by molar-refractivity contribution is -0.140. The Balaban J connectivity index is 0. The monoisotopic (exact) mass is 364 g/mol. The van der Waals surface area contributed by atoms with Crippen molar-refractivity contribution in [1.29, 1.82) is 0 Å². The summed E-state index contributed by atoms with van der Waals surface area (Å²) in [5, 5.41) is 7.96. The van der Waals surface area contributed by atoms with Crippen LogP contribution in [-0.4, -0.2) is 37.2 Å². The van der Waals surface area contributed by atoms with Crippen LogP contribution in [0.15, 0.2) is 67.5 Å². The number of carboxylic acid groups (broad SMARTS) is 1. The lowest BCUT2D eigenvalue weighted by Crippen LogP contribution is -2.04. The molecule has 0 radical (unpaired) electrons. The van der Waals surface area contributed by atoms with Crippen molar-refractivity contribution >= 4 is 17.9 Å². The predicted molar refractivity (Wildman–Crippen MR) is 97.0 cm³/mol. The molecule has 142 valence electrons. The van der Waals surface area contributed by atoms with Gasteiger partial charge >= 0.3 is 17.9 Å². The highest BCUT2D eigenvalue weighted by Gasteiger charge is 2.02. The van der Waals surface area contributed by atoms with Crippen molar-refractivity contribution in [1.82, 2.24) is 0 Å². The molecule has 0 saturated carbocycles. The SMILES string of the molecule is C=C(C)C(=O)OCc1ccccc1.C=C(OC)C(=O)O.C=CC(=O)OC. The Morgan fingerprint density at radius 3 is 1.88 bits per heavy atom. The summed E-state index contributed by atoms with van der Waals surface area (Å²) >= 11 is 0. The quantitative estimate of drug-likeness (QED) is 0.471. The van der Waals surface area contributed by atoms with E-state index < -0.39 is 11.9 Å². The third kappa shape index (κ3) is 14.3. The Morgan fingerprint density at radius 2 is 1.62 bits per heavy atom. The van der Waals surface area contributed by atoms with Gasteiger partial charge in [-0.2, -0.15) is 0 Å². The van der Waals surface area contributed by atoms with Crippen LogP contribution in [0, 0.1) is 0 Å². The summed E-state index contributed by atoms with van der Waals surface area (Å²) < 4.78 is 13.3. The first-order chi connectivity index (χ1) is 12.2. The predicted octanol–water partition coefficient (Wildman–Crippen LogP) is 2.88. The lowest BCUT2D eigenvalue weighted by Gasteiger charge is -2.03. The molecule has 0 fully saturated rings. The number of carbonyl (C=O) groups excluding carboxylic acids is 2. The Labute approximate surface area is 153 Å². The van der Waals surface area contributed by atoms with E-state index in [1.165, 1.54) is 14.2 Å². The number of esters is 2. The fraction of sp³-hybridized carbons (Fsp3) is 0.211. The first-order valence-corrected chi connectivity index (χ1v) is 7.22. The fourth-order valence-electron chi connectivity index (χ4n) is 1.02. The Kier molecular flexibility index (Phi) is 14.5. The number of aliphatic carboxylic acids is 1. The van der Waals surface area contributed by atoms with Gasteiger partial charge in [-0.15, -0.1) is 0 Å². The summed E-state index contributed by atoms with van der Waals surface area (Å²) in [5.41, 5.74) is 1.41. The van der Waals surface area contributed by atoms with Crippen LogP contribution in [-0.2, 0) is 35.2 Å². The summed E-state index contributed by atoms with van der Waals surface area (Å²) in [6.07, 6.45) is 1.11. The van der Waals surface area contributed by atoms with Gasteiger partial charge < -0.3 is 19.3 Å². The molecule has 0 heterocycles. The van der Waals surface area contributed by atoms with Gasteiger partial charge in [-0.3, -0.25) is 0 Å². The number of hydrogen-bond donors (Lipinski definition) is 1. The number of carboxylic acids is 1. The maximum Gasteiger partial charge on any atom is 0.370 e. The fourth-order valence-corrected chi connectivity index (χ4v) is 1.02. The second kappa shape index (κ2) is 15.2. The van der Waals surface area contributed by atoms with Crippen molar-refractivity contribution in [3.63, 3.8) is 0 Å². The molecular formula is C19H24O7. The van der Waals surface area contributed by atoms with Gasteiger partial charge in [0.2, 0.25) is 0 Å². The third-order valence-corrected chi connectivity index (χ3v) is 2.41. The molecule has 0 spiro atoms. The lowest BCUT2D eigenvalue weighted by atomic mass is 10.2. The molecule has 1 rings (SSSR count). The molecule has 0 aliphatic rings. The zero-order valence-corrected chi connectivity index (χ0v) is 15.2. The number of carbonyl (C=O) groups is 3. The first-order valence-electron chi connectivity index (χ1n) is 7.22. The van der Waals surface area contributed by atoms with E-state index in [1.54, 1.807) is 6.92 Å². The van der Waals surface area contributed by atoms with Crippen molar-refractivity contribution in [2.24, 2.45) is 0 Å². The number of benzene rings is 1. The molecule has 1 aromatic rings. The Hall–Kier alpha value is -3.35. The standard InChI is InChI=1S/C11H12O2.C4H6O3.C4H6O2/c1-9(2)11(12)13-8-10-6-4-3-5-7-10;1-3(7-2)4(5)6;1-3-4(5)6-2/h3-7H,1,8H2,2H3;1H2,2H3,(H,5,6);3H,1H2,2H3. The molecule has 0 amide bonds. The van der Waals surface area contributed by atoms with Crippen LogP contribution in [0.1, 0.15) is 12.5 Å². The summed E-state index contributed by atoms with van der Waals surface area (Å²) in [5.74, 6) is -2.10. The van der Waals surface area contributed by atoms with Gasteiger partial charge in [0.1, 0.15) is 6.61 Å². The minimum Gasteiger partial charge on any atom is -0.490 e. The van der Waals surface area contributed by atoms with E-state index in [1.807, 2.05) is 30.3 Å². The molecule has 7 heteroatoms. The van der Waals surface area contributed by atoms with Gasteiger partial charge in [0, 0.05) is 11.6 Å². The van der Waals surface area contributed by atoms with Crippen LogP contribution in [0.25, 0.3) is 0 Å². The average molecular weight is 364 g/mol. The minimum absolute atomic E-state index is 0.236. The highest BCUT2D eigenvalue weighted by Crippen LogP contribution is 2.02. The zero-order valence-electron chi connectivity index (χ0n) is 15.2. The molecular weight excluding hydrogens is 340 g/mol. The van der Waals surface area contributed by atoms with Gasteiger partial charge in [0.05, 0.1) is 14.2 Å². The van der Waals surface area contributed by atoms with Crippen LogP contribution < -0.4 is 0 Å². The molecule has 1 N–H and O–H groups in total. The highest BCUT2D eigenvalue weighted by molar-refractivity contribution is 5.86. The normalized spacial score (nSPS) is 8.27. The molecule has 0 aliphatic heterocycles. The van der Waals surface area contributed by atoms with E-state index in [0.717, 1.165) is 11.6 Å². The molecule has 0 aliphatic carbocycles. The molecule has 7 nitrogen and oxygen atoms in total. The van der Waals surface area contributed by atoms with Crippen LogP contribution >= 0.6 is 0 Å². The van der Waals surface area contributed by atoms with E-state index in [2.05, 4.69) is 29.2 Å². The zero-order chi connectivity index (χ0) is 20.5. The first kappa shape index (κ1) is 24.9. The van der Waals surface area contributed by atoms with Crippen LogP contribution in [0.3, 0.4) is 0 Å². The van der Waals surface area contributed by atoms with E-state index in [-0.39, 0.29) is 11.7 Å². The van der Waals surface area contributed by atoms with Gasteiger partial charge in [0.25, 0.3) is 0 Å². The molecule has 0 saturated heterocycles. The molecule has 26 heavy (non-hydrogen) atoms. The third-order valence-electron chi connectivity index (χ3n) is 2.41. The van der Waals surface area contributed by atoms with E-state index in [9.17, 15) is 14.4 Å². The van der Waals surface area contributed by atoms with E-state index in [0.29, 0.717) is 12.2 Å². The van der Waals surface area contributed by atoms with E-state index in [4.69, 9.17) is 9.84 Å². The summed E-state index contributed by atoms with van der Waals surface area (Å²) in [6, 6.07) is 9.55. The largest absolute Gasteiger partial charge is 0.490 e. The summed E-state index contributed by atoms with van der Waals surface area (Å²) in [6.45, 7) is 11.6. The highest BCUT2D eigenvalue weighted by atomic mass is 16.5. The Morgan fingerprint density at radius 1 is 1.08 bits per heavy atom. The van der Waals surface area contributed by atoms with Gasteiger partial charge in [-0.1, -0.05) is 43.5 Å². The minimum atomic E-state index is -1.12. The summed E-state index contributed by atoms with van der Waals surface area (Å²) in [4.78, 5) is 30.5. The average Bonchev–Trinajstić information content (AvgIpc) is 2.66. The summed E-state index contributed by atoms with van der Waals surface area (Å²) in [7, 11) is 2.57. The maximum atomic E-state index is 11.0. The van der Waals surface area contributed by atoms with Gasteiger partial charge in [0.15, 0.2) is 5.76 Å². The topological polar surface area (TPSA) is 99.1 Å². The number of hydrogen-bond acceptors (Lipinski definition) is 6. The molecule has 1 aromatic carbocycles. The van der Waals surface area contributed by atoms with Crippen molar-refractivity contribution < 1.29 is 33.7 Å². The van der Waals surface area contributed by atoms with Gasteiger partial charge in [-0.25, -0.2) is 14.4 Å². The number of rotatable bonds is 6. The molecule has 0 unspecified atom stereocenters. The van der Waals surface area contributed by atoms with Crippen LogP contribution in [0.2, 0.25) is 0 Å². The van der Waals surface area contributed by atoms with Crippen LogP contribution in [0.4, 0.5) is 0 Å². The van der Waals surface area contributed by atoms with Crippen LogP contribution in [0.5, 0.6) is 0 Å². The molecule has 0 bridgehead atoms. The Bertz CT molecular complexity index is 618. The second-order valence-electron chi connectivity index (χ2n) is 4.50. The maximum absolute atomic E-state index is 11.0. The molecule has 0 atom stereocenters. The van der Waals surface area contributed by atoms with Crippen molar-refractivity contribution in [2.45, 2.75) is 13.5 Å². The molecule has 0 aromatic heterocycles. The number of methoxy groups -OCH3 is 2.